The lowest BCUT2D eigenvalue weighted by molar-refractivity contribution is 0.196. The number of nitriles is 1. The minimum atomic E-state index is -4.56. The SMILES string of the molecule is N#Cc1ccc(Cn2nc(-c3cc(Cl)c(NCCCOP(=O)(O)O)nc3F)c3ccccc3c2=O)cc1. The van der Waals surface area contributed by atoms with E-state index in [4.69, 9.17) is 26.6 Å². The number of halogens is 2. The quantitative estimate of drug-likeness (QED) is 0.161. The maximum Gasteiger partial charge on any atom is 0.469 e. The largest absolute Gasteiger partial charge is 0.469 e. The van der Waals surface area contributed by atoms with Crippen LogP contribution < -0.4 is 10.9 Å². The zero-order chi connectivity index (χ0) is 26.6. The molecule has 190 valence electrons. The van der Waals surface area contributed by atoms with Gasteiger partial charge in [-0.15, -0.1) is 0 Å². The van der Waals surface area contributed by atoms with Gasteiger partial charge in [-0.25, -0.2) is 14.2 Å². The number of hydrogen-bond acceptors (Lipinski definition) is 7. The number of rotatable bonds is 9. The van der Waals surface area contributed by atoms with Gasteiger partial charge in [-0.05, 0) is 36.2 Å². The van der Waals surface area contributed by atoms with Gasteiger partial charge in [-0.1, -0.05) is 41.9 Å². The molecule has 4 rings (SSSR count). The summed E-state index contributed by atoms with van der Waals surface area (Å²) < 4.78 is 31.5. The van der Waals surface area contributed by atoms with Crippen molar-refractivity contribution in [1.29, 1.82) is 5.26 Å². The topological polar surface area (TPSA) is 150 Å². The number of nitrogens with one attached hydrogen (secondary N) is 1. The number of hydrogen-bond donors (Lipinski definition) is 3. The summed E-state index contributed by atoms with van der Waals surface area (Å²) >= 11 is 6.35. The number of anilines is 1. The summed E-state index contributed by atoms with van der Waals surface area (Å²) in [5.74, 6) is -0.839. The lowest BCUT2D eigenvalue weighted by atomic mass is 10.1. The van der Waals surface area contributed by atoms with Crippen molar-refractivity contribution in [2.75, 3.05) is 18.5 Å². The molecule has 2 aromatic carbocycles. The number of fused-ring (bicyclic) bond motifs is 1. The van der Waals surface area contributed by atoms with Crippen LogP contribution in [-0.4, -0.2) is 37.7 Å². The molecule has 0 fully saturated rings. The molecule has 0 atom stereocenters. The third-order valence-corrected chi connectivity index (χ3v) is 6.15. The molecule has 0 aliphatic rings. The van der Waals surface area contributed by atoms with E-state index in [0.717, 1.165) is 5.56 Å². The van der Waals surface area contributed by atoms with E-state index in [1.165, 1.54) is 10.7 Å². The van der Waals surface area contributed by atoms with Crippen LogP contribution in [0.5, 0.6) is 0 Å². The van der Waals surface area contributed by atoms with Crippen LogP contribution in [0, 0.1) is 17.3 Å². The van der Waals surface area contributed by atoms with Gasteiger partial charge in [0.05, 0.1) is 40.8 Å². The Kier molecular flexibility index (Phi) is 7.97. The van der Waals surface area contributed by atoms with Gasteiger partial charge in [-0.3, -0.25) is 9.32 Å². The van der Waals surface area contributed by atoms with E-state index in [0.29, 0.717) is 16.3 Å². The van der Waals surface area contributed by atoms with Crippen molar-refractivity contribution in [3.8, 4) is 17.3 Å². The zero-order valence-corrected chi connectivity index (χ0v) is 20.8. The number of benzene rings is 2. The molecule has 10 nitrogen and oxygen atoms in total. The molecule has 13 heteroatoms. The summed E-state index contributed by atoms with van der Waals surface area (Å²) in [4.78, 5) is 34.4. The summed E-state index contributed by atoms with van der Waals surface area (Å²) in [7, 11) is -4.56. The first-order chi connectivity index (χ1) is 17.7. The van der Waals surface area contributed by atoms with Crippen molar-refractivity contribution in [1.82, 2.24) is 14.8 Å². The Morgan fingerprint density at radius 3 is 2.54 bits per heavy atom. The average Bonchev–Trinajstić information content (AvgIpc) is 2.87. The van der Waals surface area contributed by atoms with E-state index in [2.05, 4.69) is 19.9 Å². The van der Waals surface area contributed by atoms with Crippen LogP contribution in [0.1, 0.15) is 17.5 Å². The fraction of sp³-hybridized carbons (Fsp3) is 0.167. The number of nitrogens with zero attached hydrogens (tertiary/aromatic N) is 4. The fourth-order valence-electron chi connectivity index (χ4n) is 3.62. The lowest BCUT2D eigenvalue weighted by Crippen LogP contribution is -2.24. The van der Waals surface area contributed by atoms with E-state index in [1.807, 2.05) is 6.07 Å². The molecule has 0 amide bonds. The zero-order valence-electron chi connectivity index (χ0n) is 19.1. The van der Waals surface area contributed by atoms with Gasteiger partial charge in [0.15, 0.2) is 0 Å². The molecule has 0 aliphatic carbocycles. The molecule has 0 saturated heterocycles. The Morgan fingerprint density at radius 2 is 1.86 bits per heavy atom. The van der Waals surface area contributed by atoms with E-state index in [1.54, 1.807) is 48.5 Å². The number of phosphoric ester groups is 1. The molecule has 0 unspecified atom stereocenters. The second-order valence-corrected chi connectivity index (χ2v) is 9.57. The number of pyridine rings is 1. The second kappa shape index (κ2) is 11.2. The Labute approximate surface area is 215 Å². The van der Waals surface area contributed by atoms with Crippen molar-refractivity contribution in [3.05, 3.63) is 87.0 Å². The van der Waals surface area contributed by atoms with Crippen LogP contribution in [0.2, 0.25) is 5.02 Å². The van der Waals surface area contributed by atoms with Crippen LogP contribution in [0.25, 0.3) is 22.0 Å². The van der Waals surface area contributed by atoms with Crippen LogP contribution in [-0.2, 0) is 15.6 Å². The highest BCUT2D eigenvalue weighted by molar-refractivity contribution is 7.46. The highest BCUT2D eigenvalue weighted by Gasteiger charge is 2.19. The Bertz CT molecular complexity index is 1600. The molecular formula is C24H20ClFN5O5P. The molecule has 0 aliphatic heterocycles. The molecule has 37 heavy (non-hydrogen) atoms. The van der Waals surface area contributed by atoms with Gasteiger partial charge in [-0.2, -0.15) is 14.8 Å². The van der Waals surface area contributed by atoms with Crippen molar-refractivity contribution >= 4 is 36.0 Å². The minimum absolute atomic E-state index is 0.00911. The Hall–Kier alpha value is -3.65. The molecule has 4 aromatic rings. The summed E-state index contributed by atoms with van der Waals surface area (Å²) in [6.45, 7) is 0.0514. The first-order valence-corrected chi connectivity index (χ1v) is 12.9. The number of phosphoric acid groups is 1. The van der Waals surface area contributed by atoms with E-state index < -0.39 is 13.8 Å². The lowest BCUT2D eigenvalue weighted by Gasteiger charge is -2.14. The molecule has 0 radical (unpaired) electrons. The van der Waals surface area contributed by atoms with Crippen molar-refractivity contribution < 1.29 is 23.3 Å². The average molecular weight is 544 g/mol. The summed E-state index contributed by atoms with van der Waals surface area (Å²) in [5, 5.41) is 17.1. The van der Waals surface area contributed by atoms with Crippen LogP contribution in [0.4, 0.5) is 10.2 Å². The van der Waals surface area contributed by atoms with Gasteiger partial charge in [0.1, 0.15) is 11.5 Å². The summed E-state index contributed by atoms with van der Waals surface area (Å²) in [5.41, 5.74) is 1.02. The second-order valence-electron chi connectivity index (χ2n) is 7.93. The highest BCUT2D eigenvalue weighted by Crippen LogP contribution is 2.35. The molecule has 3 N–H and O–H groups in total. The van der Waals surface area contributed by atoms with E-state index >= 15 is 4.39 Å². The van der Waals surface area contributed by atoms with Crippen molar-refractivity contribution in [2.45, 2.75) is 13.0 Å². The van der Waals surface area contributed by atoms with Gasteiger partial charge in [0.25, 0.3) is 5.56 Å². The van der Waals surface area contributed by atoms with Crippen LogP contribution in [0.3, 0.4) is 0 Å². The van der Waals surface area contributed by atoms with Crippen molar-refractivity contribution in [2.24, 2.45) is 0 Å². The fourth-order valence-corrected chi connectivity index (χ4v) is 4.20. The van der Waals surface area contributed by atoms with Gasteiger partial charge < -0.3 is 15.1 Å². The monoisotopic (exact) mass is 543 g/mol. The first kappa shape index (κ1) is 26.4. The standard InChI is InChI=1S/C24H20ClFN5O5P/c25-20-12-19(22(26)29-23(20)28-10-3-11-36-37(33,34)35)21-17-4-1-2-5-18(17)24(32)31(30-21)14-16-8-6-15(13-27)7-9-16/h1-2,4-9,12H,3,10-11,14H2,(H,28,29)(H2,33,34,35). The summed E-state index contributed by atoms with van der Waals surface area (Å²) in [6.07, 6.45) is 0.207. The third kappa shape index (κ3) is 6.38. The van der Waals surface area contributed by atoms with Crippen LogP contribution >= 0.6 is 19.4 Å². The molecule has 2 heterocycles. The molecule has 0 spiro atoms. The molecule has 0 saturated carbocycles. The van der Waals surface area contributed by atoms with Crippen molar-refractivity contribution in [3.63, 3.8) is 0 Å². The smallest absolute Gasteiger partial charge is 0.369 e. The Morgan fingerprint density at radius 1 is 1.16 bits per heavy atom. The van der Waals surface area contributed by atoms with E-state index in [-0.39, 0.29) is 53.8 Å². The van der Waals surface area contributed by atoms with Gasteiger partial charge in [0, 0.05) is 11.9 Å². The van der Waals surface area contributed by atoms with Gasteiger partial charge >= 0.3 is 7.82 Å². The normalized spacial score (nSPS) is 11.4. The first-order valence-electron chi connectivity index (χ1n) is 11.0. The predicted octanol–water partition coefficient (Wildman–Crippen LogP) is 4.08. The Balaban J connectivity index is 1.67. The summed E-state index contributed by atoms with van der Waals surface area (Å²) in [6, 6.07) is 16.8. The molecule has 0 bridgehead atoms. The maximum absolute atomic E-state index is 15.2. The van der Waals surface area contributed by atoms with E-state index in [9.17, 15) is 9.36 Å². The predicted molar refractivity (Wildman–Crippen MR) is 136 cm³/mol. The third-order valence-electron chi connectivity index (χ3n) is 5.34. The van der Waals surface area contributed by atoms with Gasteiger partial charge in [0.2, 0.25) is 5.95 Å². The van der Waals surface area contributed by atoms with Crippen LogP contribution in [0.15, 0.2) is 59.4 Å². The maximum atomic E-state index is 15.2. The highest BCUT2D eigenvalue weighted by atomic mass is 35.5. The number of aromatic nitrogens is 3. The minimum Gasteiger partial charge on any atom is -0.369 e. The molecular weight excluding hydrogens is 524 g/mol. The molecule has 2 aromatic heterocycles.